The summed E-state index contributed by atoms with van der Waals surface area (Å²) in [6, 6.07) is 7.47. The quantitative estimate of drug-likeness (QED) is 0.630. The molecule has 180 valence electrons. The maximum Gasteiger partial charge on any atom is 0.325 e. The lowest BCUT2D eigenvalue weighted by molar-refractivity contribution is -0.143. The largest absolute Gasteiger partial charge is 0.496 e. The van der Waals surface area contributed by atoms with Crippen LogP contribution in [0.4, 0.5) is 4.79 Å². The molecular weight excluding hydrogens is 418 g/mol. The molecule has 7 nitrogen and oxygen atoms in total. The molecule has 1 atom stereocenters. The normalized spacial score (nSPS) is 24.6. The predicted molar refractivity (Wildman–Crippen MR) is 126 cm³/mol. The van der Waals surface area contributed by atoms with Gasteiger partial charge in [0.25, 0.3) is 5.91 Å². The first kappa shape index (κ1) is 23.6. The molecule has 1 saturated heterocycles. The number of rotatable bonds is 7. The minimum absolute atomic E-state index is 0.0844. The van der Waals surface area contributed by atoms with Crippen molar-refractivity contribution < 1.29 is 19.1 Å². The van der Waals surface area contributed by atoms with Crippen molar-refractivity contribution >= 4 is 17.8 Å². The molecule has 0 bridgehead atoms. The SMILES string of the molecule is COc1ccccc1C[C@]1(C)NC(=O)N(CC(=O)N(C2CCCCC2)C2CCCCC2)C1=O. The molecule has 0 unspecified atom stereocenters. The molecule has 4 rings (SSSR count). The zero-order valence-electron chi connectivity index (χ0n) is 20.0. The minimum Gasteiger partial charge on any atom is -0.496 e. The molecule has 1 aromatic rings. The van der Waals surface area contributed by atoms with Gasteiger partial charge in [-0.15, -0.1) is 0 Å². The summed E-state index contributed by atoms with van der Waals surface area (Å²) in [6.45, 7) is 1.55. The molecule has 7 heteroatoms. The number of nitrogens with one attached hydrogen (secondary N) is 1. The lowest BCUT2D eigenvalue weighted by Gasteiger charge is -2.42. The first-order valence-electron chi connectivity index (χ1n) is 12.5. The van der Waals surface area contributed by atoms with Crippen LogP contribution in [0.3, 0.4) is 0 Å². The molecule has 0 radical (unpaired) electrons. The second kappa shape index (κ2) is 10.1. The van der Waals surface area contributed by atoms with E-state index in [-0.39, 0.29) is 30.4 Å². The van der Waals surface area contributed by atoms with Gasteiger partial charge in [0.05, 0.1) is 7.11 Å². The van der Waals surface area contributed by atoms with E-state index in [1.54, 1.807) is 14.0 Å². The molecule has 1 aromatic carbocycles. The van der Waals surface area contributed by atoms with E-state index >= 15 is 0 Å². The molecule has 1 aliphatic heterocycles. The number of ether oxygens (including phenoxy) is 1. The van der Waals surface area contributed by atoms with Crippen molar-refractivity contribution in [1.29, 1.82) is 0 Å². The maximum absolute atomic E-state index is 13.6. The summed E-state index contributed by atoms with van der Waals surface area (Å²) in [6.07, 6.45) is 11.4. The third-order valence-corrected chi connectivity index (χ3v) is 7.60. The Kier molecular flexibility index (Phi) is 7.25. The van der Waals surface area contributed by atoms with Crippen LogP contribution in [0, 0.1) is 0 Å². The van der Waals surface area contributed by atoms with Crippen LogP contribution in [0.15, 0.2) is 24.3 Å². The highest BCUT2D eigenvalue weighted by Crippen LogP contribution is 2.32. The van der Waals surface area contributed by atoms with Gasteiger partial charge in [0.1, 0.15) is 17.8 Å². The number of carbonyl (C=O) groups is 3. The van der Waals surface area contributed by atoms with Gasteiger partial charge in [-0.2, -0.15) is 0 Å². The Balaban J connectivity index is 1.50. The topological polar surface area (TPSA) is 79.0 Å². The van der Waals surface area contributed by atoms with Crippen molar-refractivity contribution in [3.8, 4) is 5.75 Å². The number of nitrogens with zero attached hydrogens (tertiary/aromatic N) is 2. The third-order valence-electron chi connectivity index (χ3n) is 7.60. The Hall–Kier alpha value is -2.57. The lowest BCUT2D eigenvalue weighted by Crippen LogP contribution is -2.53. The predicted octanol–water partition coefficient (Wildman–Crippen LogP) is 4.04. The fraction of sp³-hybridized carbons (Fsp3) is 0.654. The van der Waals surface area contributed by atoms with Gasteiger partial charge in [-0.05, 0) is 44.2 Å². The number of hydrogen-bond acceptors (Lipinski definition) is 4. The molecule has 2 saturated carbocycles. The van der Waals surface area contributed by atoms with Crippen LogP contribution in [-0.2, 0) is 16.0 Å². The molecule has 2 aliphatic carbocycles. The second-order valence-electron chi connectivity index (χ2n) is 10.0. The lowest BCUT2D eigenvalue weighted by atomic mass is 9.88. The number of carbonyl (C=O) groups excluding carboxylic acids is 3. The minimum atomic E-state index is -1.10. The fourth-order valence-corrected chi connectivity index (χ4v) is 5.88. The Bertz CT molecular complexity index is 858. The first-order valence-corrected chi connectivity index (χ1v) is 12.5. The van der Waals surface area contributed by atoms with Crippen LogP contribution in [0.2, 0.25) is 0 Å². The van der Waals surface area contributed by atoms with Gasteiger partial charge in [0.2, 0.25) is 5.91 Å². The van der Waals surface area contributed by atoms with E-state index in [9.17, 15) is 14.4 Å². The van der Waals surface area contributed by atoms with Crippen molar-refractivity contribution in [2.24, 2.45) is 0 Å². The van der Waals surface area contributed by atoms with Gasteiger partial charge < -0.3 is 15.0 Å². The van der Waals surface area contributed by atoms with Gasteiger partial charge in [-0.3, -0.25) is 14.5 Å². The Labute approximate surface area is 196 Å². The molecule has 3 fully saturated rings. The second-order valence-corrected chi connectivity index (χ2v) is 10.0. The van der Waals surface area contributed by atoms with Crippen LogP contribution in [0.25, 0.3) is 0 Å². The van der Waals surface area contributed by atoms with E-state index in [2.05, 4.69) is 10.2 Å². The van der Waals surface area contributed by atoms with Gasteiger partial charge in [0, 0.05) is 18.5 Å². The highest BCUT2D eigenvalue weighted by Gasteiger charge is 2.49. The summed E-state index contributed by atoms with van der Waals surface area (Å²) in [4.78, 5) is 43.0. The summed E-state index contributed by atoms with van der Waals surface area (Å²) in [5.41, 5.74) is -0.262. The number of urea groups is 1. The van der Waals surface area contributed by atoms with E-state index in [0.29, 0.717) is 12.2 Å². The zero-order valence-corrected chi connectivity index (χ0v) is 20.0. The van der Waals surface area contributed by atoms with E-state index < -0.39 is 11.6 Å². The Morgan fingerprint density at radius 2 is 1.61 bits per heavy atom. The average Bonchev–Trinajstić information content (AvgIpc) is 3.03. The standard InChI is InChI=1S/C26H37N3O4/c1-26(17-19-11-9-10-16-22(19)33-2)24(31)28(25(32)27-26)18-23(30)29(20-12-5-3-6-13-20)21-14-7-4-8-15-21/h9-11,16,20-21H,3-8,12-15,17-18H2,1-2H3,(H,27,32)/t26-/m0/s1. The van der Waals surface area contributed by atoms with Crippen LogP contribution in [0.1, 0.15) is 76.7 Å². The third kappa shape index (κ3) is 5.02. The van der Waals surface area contributed by atoms with E-state index in [1.165, 1.54) is 12.8 Å². The summed E-state index contributed by atoms with van der Waals surface area (Å²) < 4.78 is 5.42. The summed E-state index contributed by atoms with van der Waals surface area (Å²) in [5, 5.41) is 2.84. The van der Waals surface area contributed by atoms with Crippen LogP contribution < -0.4 is 10.1 Å². The molecule has 0 aromatic heterocycles. The van der Waals surface area contributed by atoms with Gasteiger partial charge in [0.15, 0.2) is 0 Å². The van der Waals surface area contributed by atoms with Gasteiger partial charge in [-0.1, -0.05) is 56.7 Å². The van der Waals surface area contributed by atoms with Crippen molar-refractivity contribution in [3.63, 3.8) is 0 Å². The number of hydrogen-bond donors (Lipinski definition) is 1. The van der Waals surface area contributed by atoms with Crippen molar-refractivity contribution in [1.82, 2.24) is 15.1 Å². The molecule has 3 aliphatic rings. The Morgan fingerprint density at radius 1 is 1.03 bits per heavy atom. The zero-order chi connectivity index (χ0) is 23.4. The van der Waals surface area contributed by atoms with Gasteiger partial charge in [-0.25, -0.2) is 4.79 Å². The van der Waals surface area contributed by atoms with Gasteiger partial charge >= 0.3 is 6.03 Å². The maximum atomic E-state index is 13.6. The highest BCUT2D eigenvalue weighted by molar-refractivity contribution is 6.09. The average molecular weight is 456 g/mol. The first-order chi connectivity index (χ1) is 15.9. The molecule has 1 heterocycles. The summed E-state index contributed by atoms with van der Waals surface area (Å²) >= 11 is 0. The van der Waals surface area contributed by atoms with Crippen LogP contribution >= 0.6 is 0 Å². The number of benzene rings is 1. The number of amides is 4. The number of methoxy groups -OCH3 is 1. The van der Waals surface area contributed by atoms with E-state index in [0.717, 1.165) is 61.8 Å². The van der Waals surface area contributed by atoms with E-state index in [4.69, 9.17) is 4.74 Å². The number of para-hydroxylation sites is 1. The van der Waals surface area contributed by atoms with Crippen LogP contribution in [-0.4, -0.2) is 58.9 Å². The molecular formula is C26H37N3O4. The monoisotopic (exact) mass is 455 g/mol. The summed E-state index contributed by atoms with van der Waals surface area (Å²) in [5.74, 6) is 0.244. The number of imide groups is 1. The summed E-state index contributed by atoms with van der Waals surface area (Å²) in [7, 11) is 1.59. The Morgan fingerprint density at radius 3 is 2.18 bits per heavy atom. The molecule has 4 amide bonds. The smallest absolute Gasteiger partial charge is 0.325 e. The highest BCUT2D eigenvalue weighted by atomic mass is 16.5. The molecule has 1 N–H and O–H groups in total. The molecule has 33 heavy (non-hydrogen) atoms. The fourth-order valence-electron chi connectivity index (χ4n) is 5.88. The van der Waals surface area contributed by atoms with Crippen molar-refractivity contribution in [3.05, 3.63) is 29.8 Å². The molecule has 0 spiro atoms. The van der Waals surface area contributed by atoms with Crippen LogP contribution in [0.5, 0.6) is 5.75 Å². The van der Waals surface area contributed by atoms with Crippen molar-refractivity contribution in [2.75, 3.05) is 13.7 Å². The van der Waals surface area contributed by atoms with Crippen molar-refractivity contribution in [2.45, 2.75) is 95.2 Å². The van der Waals surface area contributed by atoms with E-state index in [1.807, 2.05) is 24.3 Å².